The lowest BCUT2D eigenvalue weighted by Crippen LogP contribution is -2.04. The molecule has 1 nitrogen and oxygen atoms in total. The molecule has 16 heavy (non-hydrogen) atoms. The molecule has 1 aromatic heterocycles. The minimum Gasteiger partial charge on any atom is -0.378 e. The highest BCUT2D eigenvalue weighted by Gasteiger charge is 2.07. The summed E-state index contributed by atoms with van der Waals surface area (Å²) in [6, 6.07) is 10.7. The molecule has 1 aromatic carbocycles. The van der Waals surface area contributed by atoms with Crippen LogP contribution in [0.3, 0.4) is 0 Å². The molecule has 0 amide bonds. The SMILES string of the molecule is CC(Nc1ccc(F)cc1)c1ccc(Br)s1. The second-order valence-corrected chi connectivity index (χ2v) is 6.01. The zero-order valence-electron chi connectivity index (χ0n) is 8.71. The van der Waals surface area contributed by atoms with Crippen molar-refractivity contribution < 1.29 is 4.39 Å². The van der Waals surface area contributed by atoms with Crippen molar-refractivity contribution in [1.29, 1.82) is 0 Å². The Morgan fingerprint density at radius 1 is 1.19 bits per heavy atom. The molecule has 1 heterocycles. The van der Waals surface area contributed by atoms with Crippen LogP contribution >= 0.6 is 27.3 Å². The van der Waals surface area contributed by atoms with E-state index in [1.807, 2.05) is 6.07 Å². The van der Waals surface area contributed by atoms with Crippen molar-refractivity contribution in [2.45, 2.75) is 13.0 Å². The molecule has 84 valence electrons. The van der Waals surface area contributed by atoms with E-state index in [0.717, 1.165) is 9.47 Å². The zero-order chi connectivity index (χ0) is 11.5. The molecular weight excluding hydrogens is 289 g/mol. The van der Waals surface area contributed by atoms with Gasteiger partial charge in [0.25, 0.3) is 0 Å². The Hall–Kier alpha value is -0.870. The topological polar surface area (TPSA) is 12.0 Å². The predicted octanol–water partition coefficient (Wildman–Crippen LogP) is 4.82. The lowest BCUT2D eigenvalue weighted by atomic mass is 10.2. The largest absolute Gasteiger partial charge is 0.378 e. The lowest BCUT2D eigenvalue weighted by Gasteiger charge is -2.13. The number of nitrogens with one attached hydrogen (secondary N) is 1. The minimum absolute atomic E-state index is 0.211. The van der Waals surface area contributed by atoms with Crippen LogP contribution in [0.4, 0.5) is 10.1 Å². The van der Waals surface area contributed by atoms with Crippen molar-refractivity contribution in [3.8, 4) is 0 Å². The highest BCUT2D eigenvalue weighted by Crippen LogP contribution is 2.29. The van der Waals surface area contributed by atoms with Crippen LogP contribution in [0.1, 0.15) is 17.8 Å². The van der Waals surface area contributed by atoms with Gasteiger partial charge in [-0.15, -0.1) is 11.3 Å². The second-order valence-electron chi connectivity index (χ2n) is 3.51. The van der Waals surface area contributed by atoms with E-state index in [0.29, 0.717) is 0 Å². The second kappa shape index (κ2) is 4.97. The Kier molecular flexibility index (Phi) is 3.61. The molecule has 0 aliphatic heterocycles. The number of halogens is 2. The fraction of sp³-hybridized carbons (Fsp3) is 0.167. The summed E-state index contributed by atoms with van der Waals surface area (Å²) in [5.41, 5.74) is 0.929. The van der Waals surface area contributed by atoms with E-state index in [4.69, 9.17) is 0 Å². The van der Waals surface area contributed by atoms with E-state index in [2.05, 4.69) is 34.2 Å². The maximum Gasteiger partial charge on any atom is 0.123 e. The molecule has 1 atom stereocenters. The summed E-state index contributed by atoms with van der Waals surface area (Å²) in [6.45, 7) is 2.08. The summed E-state index contributed by atoms with van der Waals surface area (Å²) >= 11 is 5.13. The number of anilines is 1. The number of rotatable bonds is 3. The van der Waals surface area contributed by atoms with Gasteiger partial charge in [0.15, 0.2) is 0 Å². The first kappa shape index (κ1) is 11.6. The van der Waals surface area contributed by atoms with Crippen molar-refractivity contribution in [2.24, 2.45) is 0 Å². The summed E-state index contributed by atoms with van der Waals surface area (Å²) < 4.78 is 13.8. The maximum absolute atomic E-state index is 12.7. The lowest BCUT2D eigenvalue weighted by molar-refractivity contribution is 0.628. The molecule has 1 unspecified atom stereocenters. The highest BCUT2D eigenvalue weighted by molar-refractivity contribution is 9.11. The smallest absolute Gasteiger partial charge is 0.123 e. The molecule has 0 spiro atoms. The van der Waals surface area contributed by atoms with Gasteiger partial charge in [0, 0.05) is 10.6 Å². The number of hydrogen-bond donors (Lipinski definition) is 1. The molecule has 0 aliphatic carbocycles. The third kappa shape index (κ3) is 2.83. The van der Waals surface area contributed by atoms with Crippen LogP contribution in [0.5, 0.6) is 0 Å². The number of thiophene rings is 1. The van der Waals surface area contributed by atoms with Crippen molar-refractivity contribution in [2.75, 3.05) is 5.32 Å². The van der Waals surface area contributed by atoms with Gasteiger partial charge in [-0.3, -0.25) is 0 Å². The molecule has 2 aromatic rings. The Balaban J connectivity index is 2.07. The van der Waals surface area contributed by atoms with Crippen molar-refractivity contribution >= 4 is 33.0 Å². The fourth-order valence-corrected chi connectivity index (χ4v) is 2.85. The Morgan fingerprint density at radius 3 is 2.44 bits per heavy atom. The third-order valence-electron chi connectivity index (χ3n) is 2.25. The van der Waals surface area contributed by atoms with Crippen LogP contribution in [-0.4, -0.2) is 0 Å². The summed E-state index contributed by atoms with van der Waals surface area (Å²) in [4.78, 5) is 1.25. The fourth-order valence-electron chi connectivity index (χ4n) is 1.43. The standard InChI is InChI=1S/C12H11BrFNS/c1-8(11-6-7-12(13)16-11)15-10-4-2-9(14)3-5-10/h2-8,15H,1H3. The average Bonchev–Trinajstić information content (AvgIpc) is 2.68. The summed E-state index contributed by atoms with van der Waals surface area (Å²) in [6.07, 6.45) is 0. The van der Waals surface area contributed by atoms with Gasteiger partial charge >= 0.3 is 0 Å². The van der Waals surface area contributed by atoms with Crippen LogP contribution < -0.4 is 5.32 Å². The van der Waals surface area contributed by atoms with E-state index in [1.54, 1.807) is 23.5 Å². The van der Waals surface area contributed by atoms with Gasteiger partial charge in [0.1, 0.15) is 5.82 Å². The number of hydrogen-bond acceptors (Lipinski definition) is 2. The van der Waals surface area contributed by atoms with Crippen LogP contribution in [0, 0.1) is 5.82 Å². The molecule has 0 radical (unpaired) electrons. The summed E-state index contributed by atoms with van der Waals surface area (Å²) in [7, 11) is 0. The normalized spacial score (nSPS) is 12.4. The first-order valence-electron chi connectivity index (χ1n) is 4.92. The number of benzene rings is 1. The third-order valence-corrected chi connectivity index (χ3v) is 4.05. The monoisotopic (exact) mass is 299 g/mol. The molecule has 4 heteroatoms. The van der Waals surface area contributed by atoms with E-state index in [1.165, 1.54) is 17.0 Å². The van der Waals surface area contributed by atoms with E-state index in [-0.39, 0.29) is 11.9 Å². The van der Waals surface area contributed by atoms with E-state index < -0.39 is 0 Å². The van der Waals surface area contributed by atoms with Gasteiger partial charge in [0.05, 0.1) is 9.83 Å². The van der Waals surface area contributed by atoms with E-state index in [9.17, 15) is 4.39 Å². The molecule has 0 aliphatic rings. The van der Waals surface area contributed by atoms with Crippen LogP contribution in [0.2, 0.25) is 0 Å². The van der Waals surface area contributed by atoms with Gasteiger partial charge in [0.2, 0.25) is 0 Å². The van der Waals surface area contributed by atoms with Gasteiger partial charge in [-0.05, 0) is 59.3 Å². The average molecular weight is 300 g/mol. The maximum atomic E-state index is 12.7. The molecule has 0 saturated carbocycles. The molecular formula is C12H11BrFNS. The molecule has 0 bridgehead atoms. The van der Waals surface area contributed by atoms with E-state index >= 15 is 0 Å². The Labute approximate surface area is 106 Å². The van der Waals surface area contributed by atoms with Gasteiger partial charge in [-0.25, -0.2) is 4.39 Å². The first-order valence-corrected chi connectivity index (χ1v) is 6.53. The van der Waals surface area contributed by atoms with Crippen molar-refractivity contribution in [3.05, 3.63) is 50.9 Å². The summed E-state index contributed by atoms with van der Waals surface area (Å²) in [5.74, 6) is -0.211. The molecule has 0 fully saturated rings. The molecule has 0 saturated heterocycles. The first-order chi connectivity index (χ1) is 7.65. The summed E-state index contributed by atoms with van der Waals surface area (Å²) in [5, 5.41) is 3.32. The van der Waals surface area contributed by atoms with Crippen LogP contribution in [0.15, 0.2) is 40.2 Å². The van der Waals surface area contributed by atoms with Gasteiger partial charge in [-0.2, -0.15) is 0 Å². The predicted molar refractivity (Wildman–Crippen MR) is 70.5 cm³/mol. The van der Waals surface area contributed by atoms with Gasteiger partial charge < -0.3 is 5.32 Å². The Bertz CT molecular complexity index is 466. The minimum atomic E-state index is -0.211. The van der Waals surface area contributed by atoms with Crippen LogP contribution in [-0.2, 0) is 0 Å². The van der Waals surface area contributed by atoms with Gasteiger partial charge in [-0.1, -0.05) is 0 Å². The Morgan fingerprint density at radius 2 is 1.88 bits per heavy atom. The van der Waals surface area contributed by atoms with Crippen LogP contribution in [0.25, 0.3) is 0 Å². The quantitative estimate of drug-likeness (QED) is 0.856. The van der Waals surface area contributed by atoms with Crippen molar-refractivity contribution in [1.82, 2.24) is 0 Å². The molecule has 2 rings (SSSR count). The van der Waals surface area contributed by atoms with Crippen molar-refractivity contribution in [3.63, 3.8) is 0 Å². The zero-order valence-corrected chi connectivity index (χ0v) is 11.1. The highest BCUT2D eigenvalue weighted by atomic mass is 79.9. The molecule has 1 N–H and O–H groups in total.